The molecule has 1 N–H and O–H groups in total. The van der Waals surface area contributed by atoms with Crippen molar-refractivity contribution >= 4 is 6.09 Å². The SMILES string of the molecule is C[C@H](N[C@H]1CCN(C(=O)OC(C)(C)C)CC12CC2)c1ccccc1. The third kappa shape index (κ3) is 3.92. The second-order valence-corrected chi connectivity index (χ2v) is 8.40. The number of carbonyl (C=O) groups excluding carboxylic acids is 1. The third-order valence-corrected chi connectivity index (χ3v) is 5.23. The van der Waals surface area contributed by atoms with Crippen LogP contribution in [0.4, 0.5) is 4.79 Å². The van der Waals surface area contributed by atoms with Gasteiger partial charge in [0.15, 0.2) is 0 Å². The monoisotopic (exact) mass is 330 g/mol. The molecule has 3 rings (SSSR count). The van der Waals surface area contributed by atoms with Crippen LogP contribution in [-0.2, 0) is 4.74 Å². The summed E-state index contributed by atoms with van der Waals surface area (Å²) in [5, 5.41) is 3.82. The van der Waals surface area contributed by atoms with E-state index in [1.165, 1.54) is 18.4 Å². The lowest BCUT2D eigenvalue weighted by Gasteiger charge is -2.41. The molecule has 1 aromatic rings. The van der Waals surface area contributed by atoms with Crippen LogP contribution in [0.2, 0.25) is 0 Å². The lowest BCUT2D eigenvalue weighted by molar-refractivity contribution is 0.0101. The maximum Gasteiger partial charge on any atom is 0.410 e. The Hall–Kier alpha value is -1.55. The fraction of sp³-hybridized carbons (Fsp3) is 0.650. The van der Waals surface area contributed by atoms with Crippen molar-refractivity contribution in [1.82, 2.24) is 10.2 Å². The lowest BCUT2D eigenvalue weighted by atomic mass is 9.88. The van der Waals surface area contributed by atoms with Crippen molar-refractivity contribution in [2.45, 2.75) is 64.6 Å². The zero-order valence-corrected chi connectivity index (χ0v) is 15.3. The highest BCUT2D eigenvalue weighted by molar-refractivity contribution is 5.68. The second kappa shape index (κ2) is 6.40. The molecule has 0 unspecified atom stereocenters. The van der Waals surface area contributed by atoms with Crippen LogP contribution in [0, 0.1) is 5.41 Å². The van der Waals surface area contributed by atoms with E-state index < -0.39 is 5.60 Å². The van der Waals surface area contributed by atoms with Gasteiger partial charge in [0.2, 0.25) is 0 Å². The molecule has 24 heavy (non-hydrogen) atoms. The van der Waals surface area contributed by atoms with E-state index in [0.717, 1.165) is 19.5 Å². The quantitative estimate of drug-likeness (QED) is 0.906. The molecule has 2 atom stereocenters. The number of amides is 1. The van der Waals surface area contributed by atoms with E-state index in [9.17, 15) is 4.79 Å². The summed E-state index contributed by atoms with van der Waals surface area (Å²) in [7, 11) is 0. The largest absolute Gasteiger partial charge is 0.444 e. The number of rotatable bonds is 3. The summed E-state index contributed by atoms with van der Waals surface area (Å²) in [4.78, 5) is 14.3. The number of hydrogen-bond donors (Lipinski definition) is 1. The molecule has 132 valence electrons. The first-order chi connectivity index (χ1) is 11.3. The van der Waals surface area contributed by atoms with Gasteiger partial charge in [-0.05, 0) is 52.5 Å². The zero-order chi connectivity index (χ0) is 17.4. The van der Waals surface area contributed by atoms with Crippen LogP contribution in [0.25, 0.3) is 0 Å². The van der Waals surface area contributed by atoms with Crippen LogP contribution >= 0.6 is 0 Å². The van der Waals surface area contributed by atoms with Gasteiger partial charge in [0, 0.05) is 30.6 Å². The van der Waals surface area contributed by atoms with Crippen molar-refractivity contribution in [1.29, 1.82) is 0 Å². The van der Waals surface area contributed by atoms with Crippen LogP contribution in [0.3, 0.4) is 0 Å². The molecule has 4 heteroatoms. The highest BCUT2D eigenvalue weighted by Crippen LogP contribution is 2.52. The van der Waals surface area contributed by atoms with E-state index in [0.29, 0.717) is 12.1 Å². The highest BCUT2D eigenvalue weighted by atomic mass is 16.6. The van der Waals surface area contributed by atoms with E-state index in [1.54, 1.807) is 0 Å². The zero-order valence-electron chi connectivity index (χ0n) is 15.3. The molecule has 1 aliphatic heterocycles. The third-order valence-electron chi connectivity index (χ3n) is 5.23. The van der Waals surface area contributed by atoms with Crippen LogP contribution < -0.4 is 5.32 Å². The number of likely N-dealkylation sites (tertiary alicyclic amines) is 1. The Morgan fingerprint density at radius 3 is 2.54 bits per heavy atom. The van der Waals surface area contributed by atoms with Crippen LogP contribution in [-0.4, -0.2) is 35.7 Å². The Labute approximate surface area is 145 Å². The molecule has 1 heterocycles. The molecule has 1 aromatic carbocycles. The van der Waals surface area contributed by atoms with Crippen molar-refractivity contribution in [2.75, 3.05) is 13.1 Å². The Balaban J connectivity index is 1.60. The van der Waals surface area contributed by atoms with Gasteiger partial charge in [-0.1, -0.05) is 30.3 Å². The van der Waals surface area contributed by atoms with E-state index in [2.05, 4.69) is 42.6 Å². The Morgan fingerprint density at radius 2 is 1.96 bits per heavy atom. The first kappa shape index (κ1) is 17.3. The molecule has 4 nitrogen and oxygen atoms in total. The molecule has 1 aliphatic carbocycles. The fourth-order valence-electron chi connectivity index (χ4n) is 3.71. The van der Waals surface area contributed by atoms with Crippen molar-refractivity contribution in [2.24, 2.45) is 5.41 Å². The van der Waals surface area contributed by atoms with E-state index >= 15 is 0 Å². The highest BCUT2D eigenvalue weighted by Gasteiger charge is 2.53. The van der Waals surface area contributed by atoms with Crippen molar-refractivity contribution in [3.63, 3.8) is 0 Å². The smallest absolute Gasteiger partial charge is 0.410 e. The Kier molecular flexibility index (Phi) is 4.60. The van der Waals surface area contributed by atoms with Gasteiger partial charge >= 0.3 is 6.09 Å². The molecule has 1 saturated heterocycles. The predicted molar refractivity (Wildman–Crippen MR) is 95.9 cm³/mol. The van der Waals surface area contributed by atoms with Crippen molar-refractivity contribution in [3.8, 4) is 0 Å². The van der Waals surface area contributed by atoms with Gasteiger partial charge in [-0.2, -0.15) is 0 Å². The molecule has 1 spiro atoms. The average molecular weight is 330 g/mol. The molecule has 0 aromatic heterocycles. The number of carbonyl (C=O) groups is 1. The topological polar surface area (TPSA) is 41.6 Å². The molecule has 0 bridgehead atoms. The summed E-state index contributed by atoms with van der Waals surface area (Å²) < 4.78 is 5.55. The molecule has 0 radical (unpaired) electrons. The summed E-state index contributed by atoms with van der Waals surface area (Å²) in [6.45, 7) is 9.59. The van der Waals surface area contributed by atoms with Gasteiger partial charge in [0.25, 0.3) is 0 Å². The average Bonchev–Trinajstić information content (AvgIpc) is 3.28. The summed E-state index contributed by atoms with van der Waals surface area (Å²) in [6.07, 6.45) is 3.23. The molecular formula is C20H30N2O2. The number of piperidine rings is 1. The van der Waals surface area contributed by atoms with Gasteiger partial charge in [-0.15, -0.1) is 0 Å². The first-order valence-corrected chi connectivity index (χ1v) is 9.08. The predicted octanol–water partition coefficient (Wildman–Crippen LogP) is 4.13. The number of nitrogens with zero attached hydrogens (tertiary/aromatic N) is 1. The first-order valence-electron chi connectivity index (χ1n) is 9.08. The minimum atomic E-state index is -0.426. The fourth-order valence-corrected chi connectivity index (χ4v) is 3.71. The van der Waals surface area contributed by atoms with Gasteiger partial charge in [0.1, 0.15) is 5.60 Å². The van der Waals surface area contributed by atoms with Crippen molar-refractivity contribution < 1.29 is 9.53 Å². The molecule has 2 aliphatic rings. The molecule has 1 amide bonds. The maximum atomic E-state index is 12.4. The number of ether oxygens (including phenoxy) is 1. The maximum absolute atomic E-state index is 12.4. The molecule has 1 saturated carbocycles. The van der Waals surface area contributed by atoms with Crippen LogP contribution in [0.1, 0.15) is 58.6 Å². The van der Waals surface area contributed by atoms with E-state index in [-0.39, 0.29) is 11.5 Å². The van der Waals surface area contributed by atoms with Crippen LogP contribution in [0.15, 0.2) is 30.3 Å². The van der Waals surface area contributed by atoms with E-state index in [4.69, 9.17) is 4.74 Å². The normalized spacial score (nSPS) is 23.8. The van der Waals surface area contributed by atoms with E-state index in [1.807, 2.05) is 25.7 Å². The number of hydrogen-bond acceptors (Lipinski definition) is 3. The summed E-state index contributed by atoms with van der Waals surface area (Å²) in [6, 6.07) is 11.4. The Bertz CT molecular complexity index is 575. The molecule has 2 fully saturated rings. The number of nitrogens with one attached hydrogen (secondary N) is 1. The van der Waals surface area contributed by atoms with Gasteiger partial charge in [-0.3, -0.25) is 0 Å². The minimum absolute atomic E-state index is 0.164. The lowest BCUT2D eigenvalue weighted by Crippen LogP contribution is -2.53. The molecular weight excluding hydrogens is 300 g/mol. The van der Waals surface area contributed by atoms with Gasteiger partial charge in [-0.25, -0.2) is 4.79 Å². The summed E-state index contributed by atoms with van der Waals surface area (Å²) in [5.74, 6) is 0. The Morgan fingerprint density at radius 1 is 1.29 bits per heavy atom. The standard InChI is InChI=1S/C20H30N2O2/c1-15(16-8-6-5-7-9-16)21-17-10-13-22(14-20(17)11-12-20)18(23)24-19(2,3)4/h5-9,15,17,21H,10-14H2,1-4H3/t15-,17-/m0/s1. The second-order valence-electron chi connectivity index (χ2n) is 8.40. The van der Waals surface area contributed by atoms with Gasteiger partial charge in [0.05, 0.1) is 0 Å². The minimum Gasteiger partial charge on any atom is -0.444 e. The van der Waals surface area contributed by atoms with Crippen LogP contribution in [0.5, 0.6) is 0 Å². The number of benzene rings is 1. The van der Waals surface area contributed by atoms with Crippen molar-refractivity contribution in [3.05, 3.63) is 35.9 Å². The van der Waals surface area contributed by atoms with Gasteiger partial charge < -0.3 is 15.0 Å². The summed E-state index contributed by atoms with van der Waals surface area (Å²) in [5.41, 5.74) is 1.14. The summed E-state index contributed by atoms with van der Waals surface area (Å²) >= 11 is 0.